The number of alkyl halides is 1. The molecule has 0 bridgehead atoms. The van der Waals surface area contributed by atoms with Crippen molar-refractivity contribution in [1.82, 2.24) is 30.1 Å². The Bertz CT molecular complexity index is 1660. The van der Waals surface area contributed by atoms with Gasteiger partial charge in [0.05, 0.1) is 63.8 Å². The van der Waals surface area contributed by atoms with E-state index in [4.69, 9.17) is 5.26 Å². The number of benzene rings is 1. The van der Waals surface area contributed by atoms with Crippen LogP contribution in [0.25, 0.3) is 27.8 Å². The molecule has 0 aliphatic heterocycles. The number of aromatic amines is 1. The second kappa shape index (κ2) is 9.33. The highest BCUT2D eigenvalue weighted by molar-refractivity contribution is 6.01. The first kappa shape index (κ1) is 23.9. The number of hydrogen-bond acceptors (Lipinski definition) is 7. The van der Waals surface area contributed by atoms with E-state index in [-0.39, 0.29) is 12.1 Å². The molecule has 186 valence electrons. The highest BCUT2D eigenvalue weighted by atomic mass is 19.1. The number of anilines is 2. The van der Waals surface area contributed by atoms with E-state index >= 15 is 0 Å². The Labute approximate surface area is 210 Å². The van der Waals surface area contributed by atoms with Gasteiger partial charge in [0.25, 0.3) is 5.91 Å². The number of nitrogens with one attached hydrogen (secondary N) is 3. The Morgan fingerprint density at radius 3 is 2.84 bits per heavy atom. The van der Waals surface area contributed by atoms with Crippen molar-refractivity contribution < 1.29 is 14.3 Å². The molecule has 0 saturated carbocycles. The number of hydrogen-bond donors (Lipinski definition) is 4. The summed E-state index contributed by atoms with van der Waals surface area (Å²) in [6.45, 7) is 2.32. The van der Waals surface area contributed by atoms with E-state index in [2.05, 4.69) is 37.0 Å². The number of nitrogens with zero attached hydrogens (tertiary/aromatic N) is 5. The van der Waals surface area contributed by atoms with Gasteiger partial charge in [-0.05, 0) is 56.3 Å². The number of fused-ring (bicyclic) bond motifs is 2. The molecule has 0 fully saturated rings. The van der Waals surface area contributed by atoms with E-state index in [0.29, 0.717) is 28.3 Å². The van der Waals surface area contributed by atoms with Gasteiger partial charge in [-0.3, -0.25) is 14.9 Å². The third-order valence-electron chi connectivity index (χ3n) is 5.97. The van der Waals surface area contributed by atoms with Crippen LogP contribution in [-0.2, 0) is 0 Å². The van der Waals surface area contributed by atoms with Gasteiger partial charge in [-0.2, -0.15) is 15.5 Å². The quantitative estimate of drug-likeness (QED) is 0.268. The van der Waals surface area contributed by atoms with E-state index in [1.54, 1.807) is 22.8 Å². The Balaban J connectivity index is 1.52. The predicted molar refractivity (Wildman–Crippen MR) is 136 cm³/mol. The van der Waals surface area contributed by atoms with E-state index < -0.39 is 17.7 Å². The molecule has 0 radical (unpaired) electrons. The average molecular weight is 499 g/mol. The Hall–Kier alpha value is -4.82. The summed E-state index contributed by atoms with van der Waals surface area (Å²) in [5.74, 6) is -0.548. The summed E-state index contributed by atoms with van der Waals surface area (Å²) in [6.07, 6.45) is 2.93. The lowest BCUT2D eigenvalue weighted by molar-refractivity contribution is -0.00177. The smallest absolute Gasteiger partial charge is 0.255 e. The first-order valence-electron chi connectivity index (χ1n) is 11.5. The van der Waals surface area contributed by atoms with E-state index in [1.165, 1.54) is 26.2 Å². The van der Waals surface area contributed by atoms with Crippen molar-refractivity contribution in [2.45, 2.75) is 25.6 Å². The lowest BCUT2D eigenvalue weighted by Gasteiger charge is -2.22. The molecule has 5 rings (SSSR count). The third-order valence-corrected chi connectivity index (χ3v) is 5.97. The number of nitriles is 1. The topological polar surface area (TPSA) is 144 Å². The highest BCUT2D eigenvalue weighted by Crippen LogP contribution is 2.29. The number of aromatic nitrogens is 5. The van der Waals surface area contributed by atoms with Gasteiger partial charge in [0.15, 0.2) is 0 Å². The van der Waals surface area contributed by atoms with Gasteiger partial charge in [0.2, 0.25) is 0 Å². The maximum atomic E-state index is 14.3. The molecule has 4 N–H and O–H groups in total. The van der Waals surface area contributed by atoms with Crippen molar-refractivity contribution in [2.24, 2.45) is 0 Å². The molecule has 0 saturated heterocycles. The molecule has 37 heavy (non-hydrogen) atoms. The van der Waals surface area contributed by atoms with Crippen LogP contribution in [0, 0.1) is 11.3 Å². The van der Waals surface area contributed by atoms with Crippen LogP contribution in [0.2, 0.25) is 0 Å². The highest BCUT2D eigenvalue weighted by Gasteiger charge is 2.27. The van der Waals surface area contributed by atoms with Crippen molar-refractivity contribution in [2.75, 3.05) is 11.9 Å². The molecule has 11 heteroatoms. The molecule has 1 unspecified atom stereocenters. The minimum absolute atomic E-state index is 0.192. The summed E-state index contributed by atoms with van der Waals surface area (Å²) in [5.41, 5.74) is 2.88. The Kier molecular flexibility index (Phi) is 6.02. The monoisotopic (exact) mass is 498 g/mol. The summed E-state index contributed by atoms with van der Waals surface area (Å²) in [4.78, 5) is 17.5. The van der Waals surface area contributed by atoms with E-state index in [0.717, 1.165) is 16.4 Å². The molecular formula is C26H23FN8O2. The maximum Gasteiger partial charge on any atom is 0.255 e. The van der Waals surface area contributed by atoms with Gasteiger partial charge in [0, 0.05) is 17.3 Å². The number of carbonyl (C=O) groups excluding carboxylic acids is 1. The predicted octanol–water partition coefficient (Wildman–Crippen LogP) is 3.73. The molecule has 0 aliphatic rings. The summed E-state index contributed by atoms with van der Waals surface area (Å²) >= 11 is 0. The zero-order chi connectivity index (χ0) is 26.2. The van der Waals surface area contributed by atoms with Crippen LogP contribution in [0.15, 0.2) is 61.1 Å². The van der Waals surface area contributed by atoms with Crippen LogP contribution in [0.5, 0.6) is 0 Å². The second-order valence-electron chi connectivity index (χ2n) is 9.15. The van der Waals surface area contributed by atoms with Gasteiger partial charge < -0.3 is 15.7 Å². The molecule has 10 nitrogen and oxygen atoms in total. The second-order valence-corrected chi connectivity index (χ2v) is 9.15. The number of amides is 1. The molecule has 4 heterocycles. The minimum Gasteiger partial charge on any atom is -0.387 e. The number of aliphatic hydroxyl groups is 1. The van der Waals surface area contributed by atoms with Crippen molar-refractivity contribution >= 4 is 33.7 Å². The van der Waals surface area contributed by atoms with Crippen LogP contribution in [0.4, 0.5) is 15.8 Å². The molecular weight excluding hydrogens is 475 g/mol. The van der Waals surface area contributed by atoms with Crippen LogP contribution in [0.1, 0.15) is 29.8 Å². The van der Waals surface area contributed by atoms with Crippen LogP contribution in [0.3, 0.4) is 0 Å². The fourth-order valence-electron chi connectivity index (χ4n) is 3.83. The van der Waals surface area contributed by atoms with Crippen molar-refractivity contribution in [3.63, 3.8) is 0 Å². The lowest BCUT2D eigenvalue weighted by atomic mass is 10.0. The van der Waals surface area contributed by atoms with Gasteiger partial charge in [-0.15, -0.1) is 0 Å². The van der Waals surface area contributed by atoms with Gasteiger partial charge in [-0.1, -0.05) is 0 Å². The number of carbonyl (C=O) groups is 1. The largest absolute Gasteiger partial charge is 0.387 e. The molecule has 5 aromatic rings. The summed E-state index contributed by atoms with van der Waals surface area (Å²) in [7, 11) is 0. The Morgan fingerprint density at radius 1 is 1.22 bits per heavy atom. The fraction of sp³-hybridized carbons (Fsp3) is 0.192. The zero-order valence-corrected chi connectivity index (χ0v) is 20.0. The normalized spacial score (nSPS) is 12.4. The number of pyridine rings is 1. The molecule has 0 spiro atoms. The number of halogens is 1. The van der Waals surface area contributed by atoms with E-state index in [9.17, 15) is 14.3 Å². The summed E-state index contributed by atoms with van der Waals surface area (Å²) in [6, 6.07) is 14.7. The van der Waals surface area contributed by atoms with Crippen LogP contribution in [-0.4, -0.2) is 54.1 Å². The first-order valence-corrected chi connectivity index (χ1v) is 11.5. The standard InChI is InChI=1S/C26H23FN8O2/c1-26(2,37)24(27)14-30-25(36)19-13-29-22(23-6-5-18-7-15(10-28)11-32-35(18)23)9-21(19)33-17-4-3-16-12-31-34-20(16)8-17/h3-9,11-13,24,37H,14H2,1-2H3,(H,29,33)(H,30,36)(H,31,34). The Morgan fingerprint density at radius 2 is 2.05 bits per heavy atom. The van der Waals surface area contributed by atoms with Crippen molar-refractivity contribution in [1.29, 1.82) is 5.26 Å². The fourth-order valence-corrected chi connectivity index (χ4v) is 3.83. The number of rotatable bonds is 7. The van der Waals surface area contributed by atoms with Crippen molar-refractivity contribution in [3.8, 4) is 17.5 Å². The minimum atomic E-state index is -1.65. The molecule has 0 aliphatic carbocycles. The maximum absolute atomic E-state index is 14.3. The van der Waals surface area contributed by atoms with E-state index in [1.807, 2.05) is 30.3 Å². The zero-order valence-electron chi connectivity index (χ0n) is 20.0. The molecule has 1 amide bonds. The third kappa shape index (κ3) is 4.82. The van der Waals surface area contributed by atoms with Crippen molar-refractivity contribution in [3.05, 3.63) is 72.2 Å². The van der Waals surface area contributed by atoms with Gasteiger partial charge in [-0.25, -0.2) is 8.91 Å². The molecule has 1 aromatic carbocycles. The van der Waals surface area contributed by atoms with Gasteiger partial charge in [0.1, 0.15) is 12.2 Å². The lowest BCUT2D eigenvalue weighted by Crippen LogP contribution is -2.42. The SMILES string of the molecule is CC(C)(O)C(F)CNC(=O)c1cnc(-c2ccc3cc(C#N)cnn23)cc1Nc1ccc2cn[nH]c2c1. The van der Waals surface area contributed by atoms with Crippen LogP contribution >= 0.6 is 0 Å². The molecule has 4 aromatic heterocycles. The van der Waals surface area contributed by atoms with Gasteiger partial charge >= 0.3 is 0 Å². The summed E-state index contributed by atoms with van der Waals surface area (Å²) < 4.78 is 15.9. The van der Waals surface area contributed by atoms with Crippen LogP contribution < -0.4 is 10.6 Å². The average Bonchev–Trinajstić information content (AvgIpc) is 3.52. The number of H-pyrrole nitrogens is 1. The summed E-state index contributed by atoms with van der Waals surface area (Å²) in [5, 5.41) is 37.0. The first-order chi connectivity index (χ1) is 17.7. The molecule has 1 atom stereocenters.